The maximum Gasteiger partial charge on any atom is 0.282 e. The summed E-state index contributed by atoms with van der Waals surface area (Å²) in [6, 6.07) is 5.00. The highest BCUT2D eigenvalue weighted by Crippen LogP contribution is 2.35. The maximum absolute atomic E-state index is 11.2. The third-order valence-corrected chi connectivity index (χ3v) is 3.94. The number of nitrogens with two attached hydrogens (primary N) is 1. The molecular formula is C12H14N4O2S. The topological polar surface area (TPSA) is 94.9 Å². The molecule has 1 atom stereocenters. The van der Waals surface area contributed by atoms with Gasteiger partial charge >= 0.3 is 0 Å². The van der Waals surface area contributed by atoms with Crippen LogP contribution in [0.1, 0.15) is 30.0 Å². The maximum atomic E-state index is 11.2. The van der Waals surface area contributed by atoms with Crippen molar-refractivity contribution in [2.75, 3.05) is 0 Å². The first-order valence-corrected chi connectivity index (χ1v) is 6.69. The first-order chi connectivity index (χ1) is 9.04. The second-order valence-corrected chi connectivity index (χ2v) is 5.20. The van der Waals surface area contributed by atoms with Crippen molar-refractivity contribution in [2.24, 2.45) is 5.73 Å². The van der Waals surface area contributed by atoms with Gasteiger partial charge in [-0.15, -0.1) is 10.2 Å². The van der Waals surface area contributed by atoms with Crippen LogP contribution in [-0.2, 0) is 0 Å². The number of benzene rings is 1. The van der Waals surface area contributed by atoms with E-state index < -0.39 is 0 Å². The predicted octanol–water partition coefficient (Wildman–Crippen LogP) is 2.83. The van der Waals surface area contributed by atoms with Crippen molar-refractivity contribution in [3.8, 4) is 10.6 Å². The van der Waals surface area contributed by atoms with Crippen molar-refractivity contribution < 1.29 is 4.92 Å². The average Bonchev–Trinajstić information content (AvgIpc) is 2.86. The predicted molar refractivity (Wildman–Crippen MR) is 74.0 cm³/mol. The number of nitrogens with zero attached hydrogens (tertiary/aromatic N) is 3. The van der Waals surface area contributed by atoms with Crippen molar-refractivity contribution in [1.82, 2.24) is 10.2 Å². The molecule has 1 unspecified atom stereocenters. The molecule has 6 nitrogen and oxygen atoms in total. The Morgan fingerprint density at radius 3 is 2.84 bits per heavy atom. The molecular weight excluding hydrogens is 264 g/mol. The highest BCUT2D eigenvalue weighted by atomic mass is 32.1. The number of nitro groups is 1. The van der Waals surface area contributed by atoms with Gasteiger partial charge in [-0.1, -0.05) is 30.4 Å². The van der Waals surface area contributed by atoms with Crippen LogP contribution in [0.2, 0.25) is 0 Å². The number of aromatic nitrogens is 2. The van der Waals surface area contributed by atoms with Gasteiger partial charge in [-0.25, -0.2) is 0 Å². The largest absolute Gasteiger partial charge is 0.322 e. The van der Waals surface area contributed by atoms with Gasteiger partial charge in [0.2, 0.25) is 0 Å². The second kappa shape index (κ2) is 5.41. The van der Waals surface area contributed by atoms with Crippen molar-refractivity contribution >= 4 is 17.0 Å². The van der Waals surface area contributed by atoms with E-state index >= 15 is 0 Å². The molecule has 0 saturated carbocycles. The zero-order valence-electron chi connectivity index (χ0n) is 10.7. The van der Waals surface area contributed by atoms with Crippen LogP contribution in [0, 0.1) is 17.0 Å². The Balaban J connectivity index is 2.50. The van der Waals surface area contributed by atoms with Crippen molar-refractivity contribution in [3.63, 3.8) is 0 Å². The Kier molecular flexibility index (Phi) is 3.87. The van der Waals surface area contributed by atoms with E-state index in [-0.39, 0.29) is 16.7 Å². The first-order valence-electron chi connectivity index (χ1n) is 5.88. The minimum atomic E-state index is -0.383. The molecule has 2 N–H and O–H groups in total. The summed E-state index contributed by atoms with van der Waals surface area (Å²) in [6.07, 6.45) is 0.755. The van der Waals surface area contributed by atoms with E-state index in [1.165, 1.54) is 11.3 Å². The molecule has 0 fully saturated rings. The molecule has 0 aliphatic heterocycles. The number of hydrogen-bond donors (Lipinski definition) is 1. The van der Waals surface area contributed by atoms with Gasteiger partial charge in [0, 0.05) is 5.56 Å². The van der Waals surface area contributed by atoms with Crippen LogP contribution in [0.3, 0.4) is 0 Å². The van der Waals surface area contributed by atoms with E-state index in [2.05, 4.69) is 10.2 Å². The van der Waals surface area contributed by atoms with E-state index in [9.17, 15) is 10.1 Å². The normalized spacial score (nSPS) is 12.4. The summed E-state index contributed by atoms with van der Waals surface area (Å²) >= 11 is 1.31. The molecule has 2 aromatic rings. The quantitative estimate of drug-likeness (QED) is 0.685. The average molecular weight is 278 g/mol. The van der Waals surface area contributed by atoms with E-state index in [4.69, 9.17) is 5.73 Å². The SMILES string of the molecule is CCC(N)c1nnc(-c2cccc(C)c2[N+](=O)[O-])s1. The van der Waals surface area contributed by atoms with E-state index in [1.54, 1.807) is 25.1 Å². The Hall–Kier alpha value is -1.86. The standard InChI is InChI=1S/C12H14N4O2S/c1-3-9(13)12-15-14-11(19-12)8-6-4-5-7(2)10(8)16(17)18/h4-6,9H,3,13H2,1-2H3. The number of hydrogen-bond acceptors (Lipinski definition) is 6. The Labute approximate surface area is 114 Å². The summed E-state index contributed by atoms with van der Waals surface area (Å²) < 4.78 is 0. The van der Waals surface area contributed by atoms with Gasteiger partial charge in [-0.3, -0.25) is 10.1 Å². The molecule has 1 aromatic carbocycles. The monoisotopic (exact) mass is 278 g/mol. The molecule has 0 aliphatic carbocycles. The number of para-hydroxylation sites is 1. The molecule has 1 heterocycles. The van der Waals surface area contributed by atoms with Crippen LogP contribution in [0.4, 0.5) is 5.69 Å². The first kappa shape index (κ1) is 13.6. The zero-order valence-corrected chi connectivity index (χ0v) is 11.5. The molecule has 0 aliphatic rings. The third kappa shape index (κ3) is 2.61. The van der Waals surface area contributed by atoms with E-state index in [1.807, 2.05) is 6.92 Å². The van der Waals surface area contributed by atoms with E-state index in [0.29, 0.717) is 21.1 Å². The second-order valence-electron chi connectivity index (χ2n) is 4.19. The lowest BCUT2D eigenvalue weighted by Gasteiger charge is -2.02. The van der Waals surface area contributed by atoms with Crippen LogP contribution in [0.25, 0.3) is 10.6 Å². The zero-order chi connectivity index (χ0) is 14.0. The minimum Gasteiger partial charge on any atom is -0.322 e. The molecule has 0 amide bonds. The van der Waals surface area contributed by atoms with Crippen LogP contribution < -0.4 is 5.73 Å². The fourth-order valence-corrected chi connectivity index (χ4v) is 2.70. The van der Waals surface area contributed by atoms with Gasteiger partial charge in [-0.05, 0) is 19.4 Å². The van der Waals surface area contributed by atoms with Crippen LogP contribution in [-0.4, -0.2) is 15.1 Å². The van der Waals surface area contributed by atoms with Gasteiger partial charge in [0.1, 0.15) is 5.01 Å². The molecule has 0 bridgehead atoms. The van der Waals surface area contributed by atoms with Crippen LogP contribution >= 0.6 is 11.3 Å². The van der Waals surface area contributed by atoms with Crippen LogP contribution in [0.15, 0.2) is 18.2 Å². The summed E-state index contributed by atoms with van der Waals surface area (Å²) in [5, 5.41) is 20.4. The fourth-order valence-electron chi connectivity index (χ4n) is 1.74. The lowest BCUT2D eigenvalue weighted by Crippen LogP contribution is -2.07. The highest BCUT2D eigenvalue weighted by molar-refractivity contribution is 7.14. The number of nitro benzene ring substituents is 1. The Bertz CT molecular complexity index is 612. The number of rotatable bonds is 4. The molecule has 0 spiro atoms. The van der Waals surface area contributed by atoms with Crippen molar-refractivity contribution in [2.45, 2.75) is 26.3 Å². The van der Waals surface area contributed by atoms with Gasteiger partial charge < -0.3 is 5.73 Å². The lowest BCUT2D eigenvalue weighted by molar-refractivity contribution is -0.384. The minimum absolute atomic E-state index is 0.0790. The van der Waals surface area contributed by atoms with Crippen molar-refractivity contribution in [3.05, 3.63) is 38.9 Å². The summed E-state index contributed by atoms with van der Waals surface area (Å²) in [7, 11) is 0. The molecule has 19 heavy (non-hydrogen) atoms. The highest BCUT2D eigenvalue weighted by Gasteiger charge is 2.22. The third-order valence-electron chi connectivity index (χ3n) is 2.85. The molecule has 0 saturated heterocycles. The van der Waals surface area contributed by atoms with Crippen LogP contribution in [0.5, 0.6) is 0 Å². The van der Waals surface area contributed by atoms with E-state index in [0.717, 1.165) is 6.42 Å². The fraction of sp³-hybridized carbons (Fsp3) is 0.333. The molecule has 0 radical (unpaired) electrons. The summed E-state index contributed by atoms with van der Waals surface area (Å²) in [5.41, 5.74) is 7.07. The summed E-state index contributed by atoms with van der Waals surface area (Å²) in [6.45, 7) is 3.67. The van der Waals surface area contributed by atoms with Gasteiger partial charge in [0.05, 0.1) is 16.5 Å². The van der Waals surface area contributed by atoms with Gasteiger partial charge in [0.25, 0.3) is 5.69 Å². The molecule has 100 valence electrons. The number of aryl methyl sites for hydroxylation is 1. The lowest BCUT2D eigenvalue weighted by atomic mass is 10.1. The summed E-state index contributed by atoms with van der Waals surface area (Å²) in [4.78, 5) is 10.8. The molecule has 7 heteroatoms. The van der Waals surface area contributed by atoms with Gasteiger partial charge in [0.15, 0.2) is 5.01 Å². The molecule has 2 rings (SSSR count). The van der Waals surface area contributed by atoms with Crippen molar-refractivity contribution in [1.29, 1.82) is 0 Å². The van der Waals surface area contributed by atoms with Gasteiger partial charge in [-0.2, -0.15) is 0 Å². The molecule has 1 aromatic heterocycles. The smallest absolute Gasteiger partial charge is 0.282 e. The Morgan fingerprint density at radius 1 is 1.47 bits per heavy atom. The summed E-state index contributed by atoms with van der Waals surface area (Å²) in [5.74, 6) is 0. The Morgan fingerprint density at radius 2 is 2.21 bits per heavy atom.